The van der Waals surface area contributed by atoms with Gasteiger partial charge in [0.25, 0.3) is 0 Å². The summed E-state index contributed by atoms with van der Waals surface area (Å²) < 4.78 is 1.88. The molecule has 92 valence electrons. The standard InChI is InChI=1S/C12H24N4/c1-5-6-13-7-8-15(3)9-12-10-16(4)14-11(12)2/h10,13H,5-9H2,1-4H3. The smallest absolute Gasteiger partial charge is 0.0638 e. The van der Waals surface area contributed by atoms with E-state index in [0.29, 0.717) is 0 Å². The number of likely N-dealkylation sites (N-methyl/N-ethyl adjacent to an activating group) is 1. The number of aryl methyl sites for hydroxylation is 2. The first-order valence-electron chi connectivity index (χ1n) is 6.02. The van der Waals surface area contributed by atoms with Crippen molar-refractivity contribution in [1.29, 1.82) is 0 Å². The third kappa shape index (κ3) is 4.33. The molecule has 0 radical (unpaired) electrons. The van der Waals surface area contributed by atoms with Crippen molar-refractivity contribution in [2.24, 2.45) is 7.05 Å². The number of hydrogen-bond donors (Lipinski definition) is 1. The Kier molecular flexibility index (Phi) is 5.49. The summed E-state index contributed by atoms with van der Waals surface area (Å²) in [7, 11) is 4.12. The lowest BCUT2D eigenvalue weighted by atomic mass is 10.2. The Morgan fingerprint density at radius 2 is 2.19 bits per heavy atom. The van der Waals surface area contributed by atoms with Crippen molar-refractivity contribution in [2.75, 3.05) is 26.7 Å². The number of rotatable bonds is 7. The molecule has 4 heteroatoms. The van der Waals surface area contributed by atoms with Crippen molar-refractivity contribution >= 4 is 0 Å². The summed E-state index contributed by atoms with van der Waals surface area (Å²) in [5, 5.41) is 7.76. The average molecular weight is 224 g/mol. The number of aromatic nitrogens is 2. The predicted octanol–water partition coefficient (Wildman–Crippen LogP) is 1.16. The molecule has 0 atom stereocenters. The van der Waals surface area contributed by atoms with Crippen molar-refractivity contribution in [3.63, 3.8) is 0 Å². The Bertz CT molecular complexity index is 306. The van der Waals surface area contributed by atoms with E-state index in [2.05, 4.69) is 42.4 Å². The molecule has 0 fully saturated rings. The van der Waals surface area contributed by atoms with E-state index in [4.69, 9.17) is 0 Å². The minimum atomic E-state index is 0.980. The summed E-state index contributed by atoms with van der Waals surface area (Å²) in [6.07, 6.45) is 3.30. The predicted molar refractivity (Wildman–Crippen MR) is 67.4 cm³/mol. The van der Waals surface area contributed by atoms with E-state index in [-0.39, 0.29) is 0 Å². The zero-order valence-corrected chi connectivity index (χ0v) is 11.0. The summed E-state index contributed by atoms with van der Waals surface area (Å²) in [5.41, 5.74) is 2.45. The van der Waals surface area contributed by atoms with Gasteiger partial charge in [-0.25, -0.2) is 0 Å². The Labute approximate surface area is 98.6 Å². The van der Waals surface area contributed by atoms with Crippen LogP contribution in [-0.4, -0.2) is 41.4 Å². The van der Waals surface area contributed by atoms with Crippen LogP contribution in [0.25, 0.3) is 0 Å². The van der Waals surface area contributed by atoms with Crippen molar-refractivity contribution in [2.45, 2.75) is 26.8 Å². The monoisotopic (exact) mass is 224 g/mol. The summed E-state index contributed by atoms with van der Waals surface area (Å²) in [6.45, 7) is 8.49. The normalized spacial score (nSPS) is 11.3. The van der Waals surface area contributed by atoms with Gasteiger partial charge in [-0.05, 0) is 26.9 Å². The van der Waals surface area contributed by atoms with Gasteiger partial charge in [0.2, 0.25) is 0 Å². The zero-order valence-electron chi connectivity index (χ0n) is 11.0. The van der Waals surface area contributed by atoms with Crippen LogP contribution in [0, 0.1) is 6.92 Å². The van der Waals surface area contributed by atoms with Crippen LogP contribution in [0.5, 0.6) is 0 Å². The van der Waals surface area contributed by atoms with E-state index in [1.807, 2.05) is 11.7 Å². The number of nitrogens with one attached hydrogen (secondary N) is 1. The Balaban J connectivity index is 2.28. The molecular weight excluding hydrogens is 200 g/mol. The van der Waals surface area contributed by atoms with E-state index in [0.717, 1.165) is 31.9 Å². The molecule has 0 spiro atoms. The van der Waals surface area contributed by atoms with E-state index in [1.54, 1.807) is 0 Å². The molecule has 0 amide bonds. The van der Waals surface area contributed by atoms with Crippen LogP contribution in [0.1, 0.15) is 24.6 Å². The van der Waals surface area contributed by atoms with Crippen molar-refractivity contribution in [3.8, 4) is 0 Å². The molecular formula is C12H24N4. The summed E-state index contributed by atoms with van der Waals surface area (Å²) in [4.78, 5) is 2.33. The Morgan fingerprint density at radius 3 is 2.75 bits per heavy atom. The lowest BCUT2D eigenvalue weighted by Gasteiger charge is -2.16. The molecule has 0 aliphatic carbocycles. The van der Waals surface area contributed by atoms with Gasteiger partial charge in [0.15, 0.2) is 0 Å². The van der Waals surface area contributed by atoms with Gasteiger partial charge in [0.05, 0.1) is 5.69 Å². The van der Waals surface area contributed by atoms with Crippen LogP contribution in [0.15, 0.2) is 6.20 Å². The first-order chi connectivity index (χ1) is 7.63. The van der Waals surface area contributed by atoms with Gasteiger partial charge in [-0.1, -0.05) is 6.92 Å². The average Bonchev–Trinajstić information content (AvgIpc) is 2.52. The molecule has 0 bridgehead atoms. The molecule has 0 saturated heterocycles. The zero-order chi connectivity index (χ0) is 12.0. The molecule has 0 unspecified atom stereocenters. The molecule has 1 rings (SSSR count). The number of hydrogen-bond acceptors (Lipinski definition) is 3. The van der Waals surface area contributed by atoms with Gasteiger partial charge in [0, 0.05) is 38.4 Å². The molecule has 16 heavy (non-hydrogen) atoms. The second kappa shape index (κ2) is 6.66. The van der Waals surface area contributed by atoms with Crippen molar-refractivity contribution in [3.05, 3.63) is 17.5 Å². The highest BCUT2D eigenvalue weighted by molar-refractivity contribution is 5.14. The maximum Gasteiger partial charge on any atom is 0.0638 e. The van der Waals surface area contributed by atoms with E-state index in [1.165, 1.54) is 12.0 Å². The fraction of sp³-hybridized carbons (Fsp3) is 0.750. The van der Waals surface area contributed by atoms with Gasteiger partial charge in [-0.15, -0.1) is 0 Å². The molecule has 0 aromatic carbocycles. The molecule has 0 saturated carbocycles. The molecule has 1 heterocycles. The van der Waals surface area contributed by atoms with Crippen molar-refractivity contribution < 1.29 is 0 Å². The lowest BCUT2D eigenvalue weighted by molar-refractivity contribution is 0.324. The van der Waals surface area contributed by atoms with Gasteiger partial charge in [-0.3, -0.25) is 4.68 Å². The highest BCUT2D eigenvalue weighted by Crippen LogP contribution is 2.06. The SMILES string of the molecule is CCCNCCN(C)Cc1cn(C)nc1C. The van der Waals surface area contributed by atoms with E-state index >= 15 is 0 Å². The largest absolute Gasteiger partial charge is 0.315 e. The van der Waals surface area contributed by atoms with E-state index in [9.17, 15) is 0 Å². The molecule has 0 aliphatic heterocycles. The van der Waals surface area contributed by atoms with Gasteiger partial charge < -0.3 is 10.2 Å². The number of nitrogens with zero attached hydrogens (tertiary/aromatic N) is 3. The third-order valence-corrected chi connectivity index (χ3v) is 2.65. The molecule has 1 N–H and O–H groups in total. The second-order valence-corrected chi connectivity index (χ2v) is 4.40. The molecule has 0 aliphatic rings. The van der Waals surface area contributed by atoms with Crippen LogP contribution in [0.4, 0.5) is 0 Å². The summed E-state index contributed by atoms with van der Waals surface area (Å²) in [5.74, 6) is 0. The summed E-state index contributed by atoms with van der Waals surface area (Å²) >= 11 is 0. The highest BCUT2D eigenvalue weighted by atomic mass is 15.3. The van der Waals surface area contributed by atoms with Crippen LogP contribution in [0.2, 0.25) is 0 Å². The van der Waals surface area contributed by atoms with Crippen LogP contribution < -0.4 is 5.32 Å². The second-order valence-electron chi connectivity index (χ2n) is 4.40. The van der Waals surface area contributed by atoms with Crippen LogP contribution in [0.3, 0.4) is 0 Å². The fourth-order valence-electron chi connectivity index (χ4n) is 1.75. The quantitative estimate of drug-likeness (QED) is 0.706. The first-order valence-corrected chi connectivity index (χ1v) is 6.02. The maximum atomic E-state index is 4.35. The molecule has 4 nitrogen and oxygen atoms in total. The van der Waals surface area contributed by atoms with Gasteiger partial charge in [-0.2, -0.15) is 5.10 Å². The molecule has 1 aromatic heterocycles. The topological polar surface area (TPSA) is 33.1 Å². The summed E-state index contributed by atoms with van der Waals surface area (Å²) in [6, 6.07) is 0. The minimum absolute atomic E-state index is 0.980. The molecule has 1 aromatic rings. The lowest BCUT2D eigenvalue weighted by Crippen LogP contribution is -2.29. The van der Waals surface area contributed by atoms with Crippen LogP contribution >= 0.6 is 0 Å². The maximum absolute atomic E-state index is 4.35. The van der Waals surface area contributed by atoms with Crippen molar-refractivity contribution in [1.82, 2.24) is 20.0 Å². The van der Waals surface area contributed by atoms with E-state index < -0.39 is 0 Å². The fourth-order valence-corrected chi connectivity index (χ4v) is 1.75. The third-order valence-electron chi connectivity index (χ3n) is 2.65. The highest BCUT2D eigenvalue weighted by Gasteiger charge is 2.05. The Morgan fingerprint density at radius 1 is 1.44 bits per heavy atom. The van der Waals surface area contributed by atoms with Gasteiger partial charge >= 0.3 is 0 Å². The minimum Gasteiger partial charge on any atom is -0.315 e. The first kappa shape index (κ1) is 13.2. The van der Waals surface area contributed by atoms with Crippen LogP contribution in [-0.2, 0) is 13.6 Å². The Hall–Kier alpha value is -0.870. The van der Waals surface area contributed by atoms with Gasteiger partial charge in [0.1, 0.15) is 0 Å².